The van der Waals surface area contributed by atoms with Gasteiger partial charge in [-0.3, -0.25) is 0 Å². The summed E-state index contributed by atoms with van der Waals surface area (Å²) in [5.41, 5.74) is 9.79. The zero-order chi connectivity index (χ0) is 33.4. The van der Waals surface area contributed by atoms with Crippen LogP contribution in [0.5, 0.6) is 0 Å². The van der Waals surface area contributed by atoms with Gasteiger partial charge >= 0.3 is 0 Å². The van der Waals surface area contributed by atoms with Crippen molar-refractivity contribution >= 4 is 0 Å². The highest BCUT2D eigenvalue weighted by Gasteiger charge is 2.45. The summed E-state index contributed by atoms with van der Waals surface area (Å²) >= 11 is 0. The Morgan fingerprint density at radius 2 is 1.08 bits per heavy atom. The molecule has 2 unspecified atom stereocenters. The van der Waals surface area contributed by atoms with E-state index in [4.69, 9.17) is 15.0 Å². The number of fused-ring (bicyclic) bond motifs is 2. The number of hydrogen-bond donors (Lipinski definition) is 0. The maximum Gasteiger partial charge on any atom is 0.164 e. The molecule has 2 aliphatic rings. The summed E-state index contributed by atoms with van der Waals surface area (Å²) in [4.78, 5) is 14.9. The lowest BCUT2D eigenvalue weighted by atomic mass is 9.54. The van der Waals surface area contributed by atoms with Gasteiger partial charge in [0.05, 0.1) is 11.6 Å². The normalized spacial score (nSPS) is 21.5. The molecule has 0 saturated heterocycles. The molecule has 2 saturated carbocycles. The van der Waals surface area contributed by atoms with E-state index in [1.165, 1.54) is 43.2 Å². The molecular formula is C45H40N4. The van der Waals surface area contributed by atoms with Crippen LogP contribution in [0.25, 0.3) is 56.4 Å². The van der Waals surface area contributed by atoms with E-state index in [2.05, 4.69) is 74.5 Å². The first-order chi connectivity index (χ1) is 24.0. The molecule has 0 N–H and O–H groups in total. The third-order valence-corrected chi connectivity index (χ3v) is 10.7. The second-order valence-electron chi connectivity index (χ2n) is 14.5. The summed E-state index contributed by atoms with van der Waals surface area (Å²) < 4.78 is 0. The van der Waals surface area contributed by atoms with E-state index >= 15 is 0 Å². The van der Waals surface area contributed by atoms with Gasteiger partial charge in [-0.05, 0) is 107 Å². The Morgan fingerprint density at radius 1 is 0.531 bits per heavy atom. The Bertz CT molecular complexity index is 2070. The van der Waals surface area contributed by atoms with E-state index < -0.39 is 0 Å². The van der Waals surface area contributed by atoms with E-state index in [1.54, 1.807) is 0 Å². The number of nitrogens with zero attached hydrogens (tertiary/aromatic N) is 4. The first kappa shape index (κ1) is 30.9. The Hall–Kier alpha value is -5.40. The smallest absolute Gasteiger partial charge is 0.164 e. The molecule has 4 nitrogen and oxygen atoms in total. The summed E-state index contributed by atoms with van der Waals surface area (Å²) in [6.07, 6.45) is 6.50. The molecule has 0 radical (unpaired) electrons. The second-order valence-corrected chi connectivity index (χ2v) is 14.5. The average Bonchev–Trinajstić information content (AvgIpc) is 3.14. The number of hydrogen-bond acceptors (Lipinski definition) is 4. The van der Waals surface area contributed by atoms with Gasteiger partial charge in [-0.15, -0.1) is 0 Å². The van der Waals surface area contributed by atoms with Crippen molar-refractivity contribution in [2.45, 2.75) is 51.4 Å². The fourth-order valence-electron chi connectivity index (χ4n) is 8.91. The van der Waals surface area contributed by atoms with Gasteiger partial charge in [0.15, 0.2) is 17.5 Å². The molecule has 1 heterocycles. The predicted molar refractivity (Wildman–Crippen MR) is 198 cm³/mol. The van der Waals surface area contributed by atoms with Crippen molar-refractivity contribution in [2.75, 3.05) is 0 Å². The lowest BCUT2D eigenvalue weighted by Gasteiger charge is -2.50. The largest absolute Gasteiger partial charge is 0.208 e. The molecule has 2 bridgehead atoms. The molecule has 2 fully saturated rings. The lowest BCUT2D eigenvalue weighted by molar-refractivity contribution is 0.0781. The molecule has 0 spiro atoms. The van der Waals surface area contributed by atoms with Crippen LogP contribution in [0.1, 0.15) is 57.1 Å². The summed E-state index contributed by atoms with van der Waals surface area (Å²) in [6.45, 7) is 4.90. The third-order valence-electron chi connectivity index (χ3n) is 10.7. The van der Waals surface area contributed by atoms with Crippen molar-refractivity contribution in [3.8, 4) is 62.5 Å². The number of nitriles is 1. The fourth-order valence-corrected chi connectivity index (χ4v) is 8.91. The van der Waals surface area contributed by atoms with Crippen molar-refractivity contribution in [2.24, 2.45) is 17.8 Å². The van der Waals surface area contributed by atoms with Crippen molar-refractivity contribution in [1.82, 2.24) is 15.0 Å². The molecule has 8 rings (SSSR count). The maximum absolute atomic E-state index is 9.55. The Balaban J connectivity index is 1.26. The molecule has 240 valence electrons. The minimum absolute atomic E-state index is 0.217. The number of benzene rings is 5. The first-order valence-electron chi connectivity index (χ1n) is 17.6. The first-order valence-corrected chi connectivity index (χ1v) is 17.6. The van der Waals surface area contributed by atoms with E-state index in [9.17, 15) is 5.26 Å². The van der Waals surface area contributed by atoms with Gasteiger partial charge in [0.1, 0.15) is 0 Å². The van der Waals surface area contributed by atoms with Crippen LogP contribution in [0.3, 0.4) is 0 Å². The lowest BCUT2D eigenvalue weighted by Crippen LogP contribution is -2.42. The molecular weight excluding hydrogens is 597 g/mol. The molecule has 6 aromatic rings. The van der Waals surface area contributed by atoms with Gasteiger partial charge in [-0.1, -0.05) is 117 Å². The fraction of sp³-hybridized carbons (Fsp3) is 0.244. The minimum Gasteiger partial charge on any atom is -0.208 e. The summed E-state index contributed by atoms with van der Waals surface area (Å²) in [5.74, 6) is 4.23. The van der Waals surface area contributed by atoms with Gasteiger partial charge < -0.3 is 0 Å². The Morgan fingerprint density at radius 3 is 1.67 bits per heavy atom. The van der Waals surface area contributed by atoms with Crippen molar-refractivity contribution < 1.29 is 0 Å². The quantitative estimate of drug-likeness (QED) is 0.182. The molecule has 2 aliphatic carbocycles. The third kappa shape index (κ3) is 6.18. The van der Waals surface area contributed by atoms with Crippen LogP contribution in [0.2, 0.25) is 0 Å². The van der Waals surface area contributed by atoms with Gasteiger partial charge in [0, 0.05) is 16.7 Å². The van der Waals surface area contributed by atoms with Crippen LogP contribution in [0.4, 0.5) is 0 Å². The molecule has 1 aromatic heterocycles. The highest BCUT2D eigenvalue weighted by molar-refractivity contribution is 5.86. The van der Waals surface area contributed by atoms with Crippen LogP contribution in [-0.4, -0.2) is 15.0 Å². The molecule has 5 aromatic carbocycles. The van der Waals surface area contributed by atoms with Gasteiger partial charge in [0.25, 0.3) is 0 Å². The zero-order valence-electron chi connectivity index (χ0n) is 28.2. The topological polar surface area (TPSA) is 62.5 Å². The van der Waals surface area contributed by atoms with E-state index in [1.807, 2.05) is 72.8 Å². The molecule has 0 amide bonds. The number of rotatable bonds is 6. The SMILES string of the molecule is C[C@@H]1CC2C[C@H](C)CC(c3ccc(-c4cccc(-c5nc(-c6ccccc6)nc(-c6ccccc6)n5)c4)c(-c4ccc(C#N)cc4)c3)(C2)C1. The van der Waals surface area contributed by atoms with Gasteiger partial charge in [0.2, 0.25) is 0 Å². The van der Waals surface area contributed by atoms with E-state index in [-0.39, 0.29) is 5.41 Å². The highest BCUT2D eigenvalue weighted by atomic mass is 15.0. The van der Waals surface area contributed by atoms with Crippen LogP contribution in [0, 0.1) is 29.1 Å². The highest BCUT2D eigenvalue weighted by Crippen LogP contribution is 2.55. The zero-order valence-corrected chi connectivity index (χ0v) is 28.2. The van der Waals surface area contributed by atoms with Gasteiger partial charge in [-0.25, -0.2) is 15.0 Å². The molecule has 49 heavy (non-hydrogen) atoms. The van der Waals surface area contributed by atoms with Crippen molar-refractivity contribution in [3.63, 3.8) is 0 Å². The van der Waals surface area contributed by atoms with E-state index in [0.717, 1.165) is 51.1 Å². The monoisotopic (exact) mass is 636 g/mol. The summed E-state index contributed by atoms with van der Waals surface area (Å²) in [6, 6.07) is 46.4. The standard InChI is InChI=1S/C45H40N4/c1-30-22-33-23-31(2)27-45(26-30,28-33)39-20-21-40(41(25-39)34-18-16-32(29-46)17-19-34)37-14-9-15-38(24-37)44-48-42(35-10-5-3-6-11-35)47-43(49-44)36-12-7-4-8-13-36/h3-21,24-25,30-31,33H,22-23,26-28H2,1-2H3/t30-,31+,33?,45?. The molecule has 4 atom stereocenters. The molecule has 0 aliphatic heterocycles. The minimum atomic E-state index is 0.217. The van der Waals surface area contributed by atoms with Gasteiger partial charge in [-0.2, -0.15) is 5.26 Å². The van der Waals surface area contributed by atoms with Crippen LogP contribution in [-0.2, 0) is 5.41 Å². The summed E-state index contributed by atoms with van der Waals surface area (Å²) in [5, 5.41) is 9.55. The van der Waals surface area contributed by atoms with Crippen LogP contribution in [0.15, 0.2) is 127 Å². The summed E-state index contributed by atoms with van der Waals surface area (Å²) in [7, 11) is 0. The Kier molecular flexibility index (Phi) is 8.14. The number of aromatic nitrogens is 3. The van der Waals surface area contributed by atoms with Crippen molar-refractivity contribution in [1.29, 1.82) is 5.26 Å². The van der Waals surface area contributed by atoms with Crippen molar-refractivity contribution in [3.05, 3.63) is 139 Å². The van der Waals surface area contributed by atoms with Crippen LogP contribution >= 0.6 is 0 Å². The van der Waals surface area contributed by atoms with E-state index in [0.29, 0.717) is 23.0 Å². The maximum atomic E-state index is 9.55. The average molecular weight is 637 g/mol. The van der Waals surface area contributed by atoms with Crippen LogP contribution < -0.4 is 0 Å². The second kappa shape index (κ2) is 12.9. The molecule has 4 heteroatoms. The Labute approximate surface area is 289 Å². The predicted octanol–water partition coefficient (Wildman–Crippen LogP) is 11.2.